The van der Waals surface area contributed by atoms with Gasteiger partial charge in [0.05, 0.1) is 26.7 Å². The van der Waals surface area contributed by atoms with Gasteiger partial charge in [-0.05, 0) is 13.8 Å². The molecule has 23 heavy (non-hydrogen) atoms. The lowest BCUT2D eigenvalue weighted by Crippen LogP contribution is -2.68. The molecule has 0 spiro atoms. The van der Waals surface area contributed by atoms with Crippen molar-refractivity contribution < 1.29 is 40.0 Å². The number of halogens is 7. The van der Waals surface area contributed by atoms with Gasteiger partial charge in [0.1, 0.15) is 13.2 Å². The monoisotopic (exact) mass is 357 g/mol. The maximum Gasteiger partial charge on any atom is 0.376 e. The van der Waals surface area contributed by atoms with Crippen LogP contribution in [0.3, 0.4) is 0 Å². The predicted octanol–water partition coefficient (Wildman–Crippen LogP) is 3.04. The summed E-state index contributed by atoms with van der Waals surface area (Å²) in [6.45, 7) is 3.11. The molecule has 0 radical (unpaired) electrons. The molecule has 3 nitrogen and oxygen atoms in total. The number of rotatable bonds is 10. The van der Waals surface area contributed by atoms with E-state index in [4.69, 9.17) is 0 Å². The summed E-state index contributed by atoms with van der Waals surface area (Å²) in [5.41, 5.74) is 4.53. The van der Waals surface area contributed by atoms with Crippen molar-refractivity contribution in [3.8, 4) is 0 Å². The Morgan fingerprint density at radius 3 is 1.70 bits per heavy atom. The Balaban J connectivity index is 4.88. The zero-order valence-electron chi connectivity index (χ0n) is 13.6. The third-order valence-corrected chi connectivity index (χ3v) is 4.08. The first-order valence-corrected chi connectivity index (χ1v) is 7.10. The Kier molecular flexibility index (Phi) is 6.91. The Morgan fingerprint density at radius 2 is 1.35 bits per heavy atom. The second-order valence-electron chi connectivity index (χ2n) is 5.93. The molecule has 0 saturated heterocycles. The van der Waals surface area contributed by atoms with Gasteiger partial charge in [0, 0.05) is 6.92 Å². The fraction of sp³-hybridized carbons (Fsp3) is 1.00. The summed E-state index contributed by atoms with van der Waals surface area (Å²) >= 11 is 0. The zero-order valence-corrected chi connectivity index (χ0v) is 13.6. The van der Waals surface area contributed by atoms with Crippen LogP contribution in [-0.2, 0) is 4.74 Å². The van der Waals surface area contributed by atoms with Gasteiger partial charge < -0.3 is 9.22 Å². The quantitative estimate of drug-likeness (QED) is 0.282. The summed E-state index contributed by atoms with van der Waals surface area (Å²) in [6.07, 6.45) is 0. The Labute approximate surface area is 131 Å². The summed E-state index contributed by atoms with van der Waals surface area (Å²) in [5.74, 6) is -21.3. The molecule has 0 fully saturated rings. The van der Waals surface area contributed by atoms with E-state index in [1.54, 1.807) is 0 Å². The van der Waals surface area contributed by atoms with Crippen LogP contribution in [0.4, 0.5) is 30.7 Å². The SMILES string of the molecule is CC[N+](C)(CC)CCOCC(N)(F)C(F)(F)C(F)(F)C(C)(F)F. The molecule has 0 heterocycles. The Morgan fingerprint density at radius 1 is 0.913 bits per heavy atom. The van der Waals surface area contributed by atoms with Crippen LogP contribution in [0.1, 0.15) is 20.8 Å². The molecule has 0 aromatic heterocycles. The topological polar surface area (TPSA) is 35.2 Å². The van der Waals surface area contributed by atoms with E-state index < -0.39 is 37.1 Å². The first-order chi connectivity index (χ1) is 10.1. The van der Waals surface area contributed by atoms with Gasteiger partial charge in [0.25, 0.3) is 5.79 Å². The van der Waals surface area contributed by atoms with E-state index in [1.165, 1.54) is 0 Å². The zero-order chi connectivity index (χ0) is 18.7. The van der Waals surface area contributed by atoms with Crippen molar-refractivity contribution in [2.24, 2.45) is 5.73 Å². The Hall–Kier alpha value is -0.610. The summed E-state index contributed by atoms with van der Waals surface area (Å²) < 4.78 is 97.4. The van der Waals surface area contributed by atoms with E-state index in [1.807, 2.05) is 20.9 Å². The van der Waals surface area contributed by atoms with E-state index >= 15 is 0 Å². The van der Waals surface area contributed by atoms with E-state index in [2.05, 4.69) is 10.5 Å². The molecule has 0 aliphatic rings. The van der Waals surface area contributed by atoms with Crippen LogP contribution >= 0.6 is 0 Å². The predicted molar refractivity (Wildman–Crippen MR) is 71.5 cm³/mol. The van der Waals surface area contributed by atoms with Crippen molar-refractivity contribution >= 4 is 0 Å². The molecule has 0 rings (SSSR count). The van der Waals surface area contributed by atoms with E-state index in [-0.39, 0.29) is 6.61 Å². The van der Waals surface area contributed by atoms with Gasteiger partial charge in [-0.2, -0.15) is 26.3 Å². The van der Waals surface area contributed by atoms with Crippen LogP contribution in [0.25, 0.3) is 0 Å². The molecule has 0 bridgehead atoms. The number of nitrogens with zero attached hydrogens (tertiary/aromatic N) is 1. The second kappa shape index (κ2) is 7.10. The van der Waals surface area contributed by atoms with Crippen molar-refractivity contribution in [3.63, 3.8) is 0 Å². The van der Waals surface area contributed by atoms with Gasteiger partial charge in [0.2, 0.25) is 0 Å². The molecule has 0 amide bonds. The van der Waals surface area contributed by atoms with Gasteiger partial charge in [-0.15, -0.1) is 0 Å². The lowest BCUT2D eigenvalue weighted by Gasteiger charge is -2.37. The molecule has 0 aliphatic carbocycles. The average Bonchev–Trinajstić information content (AvgIpc) is 2.41. The van der Waals surface area contributed by atoms with Crippen molar-refractivity contribution in [1.29, 1.82) is 0 Å². The highest BCUT2D eigenvalue weighted by atomic mass is 19.3. The third kappa shape index (κ3) is 4.69. The van der Waals surface area contributed by atoms with Gasteiger partial charge in [-0.3, -0.25) is 5.73 Å². The molecule has 0 aromatic rings. The second-order valence-corrected chi connectivity index (χ2v) is 5.93. The minimum absolute atomic E-state index is 0.231. The molecule has 2 N–H and O–H groups in total. The van der Waals surface area contributed by atoms with E-state index in [9.17, 15) is 30.7 Å². The van der Waals surface area contributed by atoms with Gasteiger partial charge in [-0.1, -0.05) is 0 Å². The molecule has 0 aromatic carbocycles. The van der Waals surface area contributed by atoms with Crippen LogP contribution in [0.5, 0.6) is 0 Å². The van der Waals surface area contributed by atoms with Crippen molar-refractivity contribution in [2.45, 2.75) is 44.3 Å². The smallest absolute Gasteiger partial charge is 0.371 e. The summed E-state index contributed by atoms with van der Waals surface area (Å²) in [6, 6.07) is 0. The van der Waals surface area contributed by atoms with E-state index in [0.29, 0.717) is 24.1 Å². The highest BCUT2D eigenvalue weighted by Crippen LogP contribution is 2.50. The minimum atomic E-state index is -5.95. The van der Waals surface area contributed by atoms with Crippen molar-refractivity contribution in [3.05, 3.63) is 0 Å². The fourth-order valence-electron chi connectivity index (χ4n) is 1.67. The lowest BCUT2D eigenvalue weighted by molar-refractivity contribution is -0.906. The first-order valence-electron chi connectivity index (χ1n) is 7.10. The molecule has 10 heteroatoms. The summed E-state index contributed by atoms with van der Waals surface area (Å²) in [4.78, 5) is 0. The number of hydrogen-bond acceptors (Lipinski definition) is 2. The van der Waals surface area contributed by atoms with Crippen molar-refractivity contribution in [2.75, 3.05) is 39.9 Å². The maximum atomic E-state index is 13.8. The average molecular weight is 357 g/mol. The fourth-order valence-corrected chi connectivity index (χ4v) is 1.67. The minimum Gasteiger partial charge on any atom is -0.371 e. The first kappa shape index (κ1) is 22.4. The molecule has 0 aliphatic heterocycles. The summed E-state index contributed by atoms with van der Waals surface area (Å²) in [5, 5.41) is 0. The van der Waals surface area contributed by atoms with Crippen LogP contribution in [0.2, 0.25) is 0 Å². The normalized spacial score (nSPS) is 17.2. The molecular weight excluding hydrogens is 333 g/mol. The van der Waals surface area contributed by atoms with Gasteiger partial charge >= 0.3 is 17.8 Å². The largest absolute Gasteiger partial charge is 0.376 e. The standard InChI is InChI=1S/C13H24F7N2O/c1-5-22(4,6-2)7-8-23-9-11(16,21)13(19,20)12(17,18)10(3,14)15/h5-9,21H2,1-4H3/q+1. The lowest BCUT2D eigenvalue weighted by atomic mass is 9.97. The number of hydrogen-bond donors (Lipinski definition) is 1. The van der Waals surface area contributed by atoms with Gasteiger partial charge in [0.15, 0.2) is 0 Å². The van der Waals surface area contributed by atoms with E-state index in [0.717, 1.165) is 0 Å². The molecule has 140 valence electrons. The highest BCUT2D eigenvalue weighted by Gasteiger charge is 2.77. The number of alkyl halides is 7. The van der Waals surface area contributed by atoms with Crippen molar-refractivity contribution in [1.82, 2.24) is 0 Å². The maximum absolute atomic E-state index is 13.8. The molecule has 0 saturated carbocycles. The number of quaternary nitrogens is 1. The number of nitrogens with two attached hydrogens (primary N) is 1. The molecule has 1 atom stereocenters. The van der Waals surface area contributed by atoms with Gasteiger partial charge in [-0.25, -0.2) is 4.39 Å². The number of ether oxygens (including phenoxy) is 1. The van der Waals surface area contributed by atoms with Crippen LogP contribution in [-0.4, -0.2) is 67.9 Å². The molecule has 1 unspecified atom stereocenters. The van der Waals surface area contributed by atoms with Crippen LogP contribution in [0, 0.1) is 0 Å². The molecular formula is C13H24F7N2O+. The summed E-state index contributed by atoms with van der Waals surface area (Å²) in [7, 11) is 1.83. The third-order valence-electron chi connectivity index (χ3n) is 4.08. The number of likely N-dealkylation sites (N-methyl/N-ethyl adjacent to an activating group) is 1. The van der Waals surface area contributed by atoms with Crippen LogP contribution in [0.15, 0.2) is 0 Å². The van der Waals surface area contributed by atoms with Crippen LogP contribution < -0.4 is 5.73 Å². The Bertz CT molecular complexity index is 379. The highest BCUT2D eigenvalue weighted by molar-refractivity contribution is 5.04.